The van der Waals surface area contributed by atoms with Gasteiger partial charge in [-0.3, -0.25) is 14.8 Å². The summed E-state index contributed by atoms with van der Waals surface area (Å²) in [6.07, 6.45) is 5.87. The number of nitrogens with zero attached hydrogens (tertiary/aromatic N) is 2. The molecule has 28 heavy (non-hydrogen) atoms. The summed E-state index contributed by atoms with van der Waals surface area (Å²) in [7, 11) is 0. The Morgan fingerprint density at radius 2 is 1.93 bits per heavy atom. The number of pyridine rings is 1. The van der Waals surface area contributed by atoms with E-state index in [2.05, 4.69) is 10.3 Å². The van der Waals surface area contributed by atoms with E-state index < -0.39 is 5.91 Å². The minimum Gasteiger partial charge on any atom is -0.366 e. The zero-order valence-electron chi connectivity index (χ0n) is 15.1. The van der Waals surface area contributed by atoms with Crippen molar-refractivity contribution in [2.45, 2.75) is 18.9 Å². The molecule has 1 aromatic heterocycles. The highest BCUT2D eigenvalue weighted by Gasteiger charge is 2.24. The number of nitrogens with one attached hydrogen (secondary N) is 2. The molecular formula is C20H21ClN4O3. The first kappa shape index (κ1) is 19.9. The molecule has 0 atom stereocenters. The molecule has 2 aromatic rings. The highest BCUT2D eigenvalue weighted by atomic mass is 35.5. The highest BCUT2D eigenvalue weighted by molar-refractivity contribution is 6.33. The number of likely N-dealkylation sites (tertiary alicyclic amines) is 1. The summed E-state index contributed by atoms with van der Waals surface area (Å²) in [5.74, 6) is -0.00772. The number of rotatable bonds is 5. The van der Waals surface area contributed by atoms with Crippen LogP contribution < -0.4 is 10.8 Å². The third-order valence-electron chi connectivity index (χ3n) is 4.54. The number of amides is 2. The second kappa shape index (κ2) is 9.34. The second-order valence-electron chi connectivity index (χ2n) is 6.49. The van der Waals surface area contributed by atoms with Gasteiger partial charge >= 0.3 is 0 Å². The molecule has 7 nitrogen and oxygen atoms in total. The number of hydrogen-bond acceptors (Lipinski definition) is 5. The van der Waals surface area contributed by atoms with Crippen molar-refractivity contribution in [2.75, 3.05) is 18.4 Å². The Hall–Kier alpha value is -2.90. The molecule has 0 bridgehead atoms. The fourth-order valence-corrected chi connectivity index (χ4v) is 3.27. The van der Waals surface area contributed by atoms with Gasteiger partial charge in [0.25, 0.3) is 11.8 Å². The summed E-state index contributed by atoms with van der Waals surface area (Å²) in [5, 5.41) is 12.3. The van der Waals surface area contributed by atoms with Gasteiger partial charge in [-0.05, 0) is 42.7 Å². The van der Waals surface area contributed by atoms with Crippen molar-refractivity contribution >= 4 is 35.3 Å². The maximum atomic E-state index is 12.5. The number of hydroxylamine groups is 1. The zero-order valence-corrected chi connectivity index (χ0v) is 15.9. The SMILES string of the molecule is O=C(C=Cc1cnc(NC2CCN(C(=O)c3ccccc3)CC2)c(Cl)c1)NO. The molecule has 146 valence electrons. The van der Waals surface area contributed by atoms with Gasteiger partial charge in [-0.2, -0.15) is 0 Å². The number of halogens is 1. The second-order valence-corrected chi connectivity index (χ2v) is 6.89. The van der Waals surface area contributed by atoms with Crippen molar-refractivity contribution in [2.24, 2.45) is 0 Å². The number of anilines is 1. The largest absolute Gasteiger partial charge is 0.366 e. The Labute approximate surface area is 168 Å². The fourth-order valence-electron chi connectivity index (χ4n) is 3.04. The zero-order chi connectivity index (χ0) is 19.9. The fraction of sp³-hybridized carbons (Fsp3) is 0.250. The van der Waals surface area contributed by atoms with E-state index >= 15 is 0 Å². The Bertz CT molecular complexity index is 865. The molecule has 0 saturated carbocycles. The first-order chi connectivity index (χ1) is 13.6. The van der Waals surface area contributed by atoms with Crippen LogP contribution in [0.5, 0.6) is 0 Å². The van der Waals surface area contributed by atoms with E-state index in [0.29, 0.717) is 35.1 Å². The topological polar surface area (TPSA) is 94.6 Å². The Balaban J connectivity index is 1.55. The molecule has 1 aromatic carbocycles. The van der Waals surface area contributed by atoms with E-state index in [1.807, 2.05) is 35.2 Å². The minimum absolute atomic E-state index is 0.0539. The van der Waals surface area contributed by atoms with E-state index in [-0.39, 0.29) is 11.9 Å². The molecule has 0 radical (unpaired) electrons. The molecule has 1 saturated heterocycles. The van der Waals surface area contributed by atoms with E-state index in [9.17, 15) is 9.59 Å². The number of aromatic nitrogens is 1. The van der Waals surface area contributed by atoms with Crippen molar-refractivity contribution < 1.29 is 14.8 Å². The maximum Gasteiger partial charge on any atom is 0.267 e. The summed E-state index contributed by atoms with van der Waals surface area (Å²) < 4.78 is 0. The van der Waals surface area contributed by atoms with Gasteiger partial charge < -0.3 is 10.2 Å². The van der Waals surface area contributed by atoms with Gasteiger partial charge in [-0.1, -0.05) is 29.8 Å². The normalized spacial score (nSPS) is 14.9. The monoisotopic (exact) mass is 400 g/mol. The Kier molecular flexibility index (Phi) is 6.62. The average Bonchev–Trinajstić information content (AvgIpc) is 2.74. The van der Waals surface area contributed by atoms with Gasteiger partial charge in [0.05, 0.1) is 5.02 Å². The lowest BCUT2D eigenvalue weighted by Gasteiger charge is -2.32. The third-order valence-corrected chi connectivity index (χ3v) is 4.83. The van der Waals surface area contributed by atoms with Gasteiger partial charge in [0.15, 0.2) is 0 Å². The van der Waals surface area contributed by atoms with E-state index in [4.69, 9.17) is 16.8 Å². The molecular weight excluding hydrogens is 380 g/mol. The van der Waals surface area contributed by atoms with Crippen molar-refractivity contribution in [1.29, 1.82) is 0 Å². The third kappa shape index (κ3) is 5.09. The van der Waals surface area contributed by atoms with Gasteiger partial charge in [0.2, 0.25) is 0 Å². The summed E-state index contributed by atoms with van der Waals surface area (Å²) in [5.41, 5.74) is 2.86. The predicted octanol–water partition coefficient (Wildman–Crippen LogP) is 2.97. The molecule has 3 N–H and O–H groups in total. The van der Waals surface area contributed by atoms with Crippen molar-refractivity contribution in [3.8, 4) is 0 Å². The van der Waals surface area contributed by atoms with Crippen molar-refractivity contribution in [3.63, 3.8) is 0 Å². The molecule has 1 aliphatic rings. The van der Waals surface area contributed by atoms with Crippen molar-refractivity contribution in [3.05, 3.63) is 64.8 Å². The number of carbonyl (C=O) groups is 2. The smallest absolute Gasteiger partial charge is 0.267 e. The van der Waals surface area contributed by atoms with Crippen LogP contribution in [0.1, 0.15) is 28.8 Å². The van der Waals surface area contributed by atoms with E-state index in [0.717, 1.165) is 12.8 Å². The summed E-state index contributed by atoms with van der Waals surface area (Å²) in [4.78, 5) is 29.7. The lowest BCUT2D eigenvalue weighted by atomic mass is 10.0. The van der Waals surface area contributed by atoms with Gasteiger partial charge in [-0.15, -0.1) is 0 Å². The Morgan fingerprint density at radius 3 is 2.57 bits per heavy atom. The summed E-state index contributed by atoms with van der Waals surface area (Å²) >= 11 is 6.28. The number of hydrogen-bond donors (Lipinski definition) is 3. The number of benzene rings is 1. The van der Waals surface area contributed by atoms with Gasteiger partial charge in [0, 0.05) is 37.0 Å². The molecule has 1 fully saturated rings. The number of piperidine rings is 1. The van der Waals surface area contributed by atoms with E-state index in [1.165, 1.54) is 17.6 Å². The highest BCUT2D eigenvalue weighted by Crippen LogP contribution is 2.24. The standard InChI is InChI=1S/C20H21ClN4O3/c21-17-12-14(6-7-18(26)24-28)13-22-19(17)23-16-8-10-25(11-9-16)20(27)15-4-2-1-3-5-15/h1-7,12-13,16,28H,8-11H2,(H,22,23)(H,24,26). The van der Waals surface area contributed by atoms with Crippen LogP contribution in [0.2, 0.25) is 5.02 Å². The predicted molar refractivity (Wildman–Crippen MR) is 107 cm³/mol. The van der Waals surface area contributed by atoms with Crippen LogP contribution in [0.4, 0.5) is 5.82 Å². The lowest BCUT2D eigenvalue weighted by molar-refractivity contribution is -0.124. The first-order valence-corrected chi connectivity index (χ1v) is 9.33. The van der Waals surface area contributed by atoms with Gasteiger partial charge in [-0.25, -0.2) is 10.5 Å². The Morgan fingerprint density at radius 1 is 1.21 bits per heavy atom. The molecule has 1 aliphatic heterocycles. The van der Waals surface area contributed by atoms with Crippen LogP contribution in [-0.2, 0) is 4.79 Å². The molecule has 0 unspecified atom stereocenters. The maximum absolute atomic E-state index is 12.5. The summed E-state index contributed by atoms with van der Waals surface area (Å²) in [6.45, 7) is 1.33. The molecule has 0 aliphatic carbocycles. The van der Waals surface area contributed by atoms with E-state index in [1.54, 1.807) is 12.3 Å². The lowest BCUT2D eigenvalue weighted by Crippen LogP contribution is -2.42. The van der Waals surface area contributed by atoms with Crippen LogP contribution in [0.3, 0.4) is 0 Å². The van der Waals surface area contributed by atoms with Crippen LogP contribution >= 0.6 is 11.6 Å². The molecule has 2 amide bonds. The minimum atomic E-state index is -0.630. The van der Waals surface area contributed by atoms with Crippen LogP contribution in [0.15, 0.2) is 48.7 Å². The van der Waals surface area contributed by atoms with Crippen LogP contribution in [-0.4, -0.2) is 46.0 Å². The van der Waals surface area contributed by atoms with Crippen LogP contribution in [0, 0.1) is 0 Å². The average molecular weight is 401 g/mol. The molecule has 0 spiro atoms. The quantitative estimate of drug-likeness (QED) is 0.407. The molecule has 3 rings (SSSR count). The van der Waals surface area contributed by atoms with Crippen molar-refractivity contribution in [1.82, 2.24) is 15.4 Å². The number of carbonyl (C=O) groups excluding carboxylic acids is 2. The first-order valence-electron chi connectivity index (χ1n) is 8.95. The van der Waals surface area contributed by atoms with Crippen LogP contribution in [0.25, 0.3) is 6.08 Å². The molecule has 2 heterocycles. The molecule has 8 heteroatoms. The summed E-state index contributed by atoms with van der Waals surface area (Å²) in [6, 6.07) is 11.1. The van der Waals surface area contributed by atoms with Gasteiger partial charge in [0.1, 0.15) is 5.82 Å².